The van der Waals surface area contributed by atoms with E-state index in [1.807, 2.05) is 24.3 Å². The first kappa shape index (κ1) is 27.9. The summed E-state index contributed by atoms with van der Waals surface area (Å²) in [5.41, 5.74) is 3.31. The second-order valence-electron chi connectivity index (χ2n) is 8.44. The van der Waals surface area contributed by atoms with E-state index in [0.29, 0.717) is 12.4 Å². The van der Waals surface area contributed by atoms with Crippen LogP contribution in [-0.4, -0.2) is 40.6 Å². The molecule has 6 heteroatoms. The number of unbranched alkanes of at least 4 members (excludes halogenated alkanes) is 5. The minimum absolute atomic E-state index is 0.188. The number of aliphatic carboxylic acids is 1. The molecule has 0 radical (unpaired) electrons. The molecule has 2 atom stereocenters. The largest absolute Gasteiger partial charge is 0.479 e. The van der Waals surface area contributed by atoms with E-state index in [0.717, 1.165) is 36.8 Å². The van der Waals surface area contributed by atoms with Crippen LogP contribution >= 0.6 is 11.8 Å². The lowest BCUT2D eigenvalue weighted by molar-refractivity contribution is -0.146. The average Bonchev–Trinajstić information content (AvgIpc) is 2.84. The highest BCUT2D eigenvalue weighted by molar-refractivity contribution is 7.99. The summed E-state index contributed by atoms with van der Waals surface area (Å²) in [7, 11) is 0. The Bertz CT molecular complexity index is 855. The van der Waals surface area contributed by atoms with Gasteiger partial charge in [0, 0.05) is 5.75 Å². The van der Waals surface area contributed by atoms with Crippen molar-refractivity contribution in [3.05, 3.63) is 71.3 Å². The van der Waals surface area contributed by atoms with Crippen molar-refractivity contribution in [2.24, 2.45) is 0 Å². The molecule has 0 amide bonds. The summed E-state index contributed by atoms with van der Waals surface area (Å²) in [6.45, 7) is 2.07. The zero-order chi connectivity index (χ0) is 24.6. The average molecular weight is 487 g/mol. The van der Waals surface area contributed by atoms with E-state index in [1.165, 1.54) is 43.0 Å². The van der Waals surface area contributed by atoms with Crippen molar-refractivity contribution < 1.29 is 24.5 Å². The van der Waals surface area contributed by atoms with Crippen molar-refractivity contribution in [2.75, 3.05) is 12.4 Å². The van der Waals surface area contributed by atoms with E-state index in [2.05, 4.69) is 30.3 Å². The highest BCUT2D eigenvalue weighted by Crippen LogP contribution is 2.35. The van der Waals surface area contributed by atoms with Gasteiger partial charge in [-0.05, 0) is 49.3 Å². The zero-order valence-electron chi connectivity index (χ0n) is 20.2. The molecule has 0 spiro atoms. The molecule has 0 fully saturated rings. The van der Waals surface area contributed by atoms with Gasteiger partial charge in [-0.3, -0.25) is 4.79 Å². The molecule has 2 N–H and O–H groups in total. The normalized spacial score (nSPS) is 12.8. The van der Waals surface area contributed by atoms with Crippen LogP contribution in [0.2, 0.25) is 0 Å². The fourth-order valence-corrected chi connectivity index (χ4v) is 5.27. The summed E-state index contributed by atoms with van der Waals surface area (Å²) in [6.07, 6.45) is 7.65. The van der Waals surface area contributed by atoms with E-state index < -0.39 is 17.3 Å². The molecule has 2 aromatic rings. The van der Waals surface area contributed by atoms with Gasteiger partial charge in [-0.25, -0.2) is 4.79 Å². The van der Waals surface area contributed by atoms with Crippen LogP contribution in [0.15, 0.2) is 54.6 Å². The minimum Gasteiger partial charge on any atom is -0.479 e. The van der Waals surface area contributed by atoms with Gasteiger partial charge in [0.1, 0.15) is 0 Å². The Morgan fingerprint density at radius 1 is 0.882 bits per heavy atom. The predicted molar refractivity (Wildman–Crippen MR) is 138 cm³/mol. The van der Waals surface area contributed by atoms with Crippen LogP contribution in [0.3, 0.4) is 0 Å². The van der Waals surface area contributed by atoms with E-state index >= 15 is 0 Å². The Labute approximate surface area is 207 Å². The van der Waals surface area contributed by atoms with Crippen LogP contribution in [-0.2, 0) is 27.2 Å². The Morgan fingerprint density at radius 2 is 1.50 bits per heavy atom. The highest BCUT2D eigenvalue weighted by atomic mass is 32.2. The predicted octanol–water partition coefficient (Wildman–Crippen LogP) is 5.99. The number of carbonyl (C=O) groups excluding carboxylic acids is 1. The molecule has 2 aromatic carbocycles. The van der Waals surface area contributed by atoms with Crippen LogP contribution in [0.1, 0.15) is 73.8 Å². The number of carboxylic acid groups (broad SMARTS) is 1. The van der Waals surface area contributed by atoms with Gasteiger partial charge in [-0.1, -0.05) is 80.3 Å². The van der Waals surface area contributed by atoms with Gasteiger partial charge in [0.05, 0.1) is 18.3 Å². The Balaban J connectivity index is 1.81. The molecule has 0 aliphatic heterocycles. The van der Waals surface area contributed by atoms with Gasteiger partial charge in [-0.2, -0.15) is 0 Å². The number of aliphatic hydroxyl groups is 1. The van der Waals surface area contributed by atoms with Crippen LogP contribution in [0.4, 0.5) is 0 Å². The van der Waals surface area contributed by atoms with E-state index in [4.69, 9.17) is 4.74 Å². The maximum atomic E-state index is 11.7. The zero-order valence-corrected chi connectivity index (χ0v) is 21.0. The van der Waals surface area contributed by atoms with Crippen molar-refractivity contribution in [3.8, 4) is 0 Å². The lowest BCUT2D eigenvalue weighted by atomic mass is 9.96. The molecule has 0 saturated heterocycles. The van der Waals surface area contributed by atoms with Gasteiger partial charge in [0.15, 0.2) is 6.10 Å². The van der Waals surface area contributed by atoms with Crippen LogP contribution in [0, 0.1) is 0 Å². The van der Waals surface area contributed by atoms with E-state index in [-0.39, 0.29) is 12.4 Å². The van der Waals surface area contributed by atoms with Crippen molar-refractivity contribution >= 4 is 23.7 Å². The number of thioether (sulfide) groups is 1. The quantitative estimate of drug-likeness (QED) is 0.211. The molecule has 0 aromatic heterocycles. The number of aliphatic hydroxyl groups excluding tert-OH is 1. The number of esters is 1. The maximum absolute atomic E-state index is 11.7. The second kappa shape index (κ2) is 16.3. The molecule has 5 nitrogen and oxygen atoms in total. The number of hydrogen-bond acceptors (Lipinski definition) is 5. The molecule has 0 saturated carbocycles. The first-order chi connectivity index (χ1) is 16.5. The van der Waals surface area contributed by atoms with E-state index in [9.17, 15) is 19.8 Å². The van der Waals surface area contributed by atoms with Gasteiger partial charge < -0.3 is 14.9 Å². The summed E-state index contributed by atoms with van der Waals surface area (Å²) in [4.78, 5) is 23.2. The molecule has 0 heterocycles. The number of aryl methyl sites for hydroxylation is 2. The smallest absolute Gasteiger partial charge is 0.334 e. The standard InChI is InChI=1S/C28H38O5S/c1-2-33-25(29)20-21-34-27(26(30)28(31)32)24-19-13-12-18-23(24)17-11-6-4-3-5-8-14-22-15-9-7-10-16-22/h7,9-10,12-13,15-16,18-19,26-27,30H,2-6,8,11,14,17,20-21H2,1H3,(H,31,32)/t26-,27-/m1/s1. The molecule has 0 unspecified atom stereocenters. The van der Waals surface area contributed by atoms with Gasteiger partial charge >= 0.3 is 11.9 Å². The molecule has 0 aliphatic rings. The van der Waals surface area contributed by atoms with Crippen molar-refractivity contribution in [2.45, 2.75) is 76.1 Å². The third-order valence-electron chi connectivity index (χ3n) is 5.81. The lowest BCUT2D eigenvalue weighted by Crippen LogP contribution is -2.27. The summed E-state index contributed by atoms with van der Waals surface area (Å²) in [5.74, 6) is -1.17. The lowest BCUT2D eigenvalue weighted by Gasteiger charge is -2.23. The maximum Gasteiger partial charge on any atom is 0.334 e. The highest BCUT2D eigenvalue weighted by Gasteiger charge is 2.29. The van der Waals surface area contributed by atoms with Gasteiger partial charge in [0.25, 0.3) is 0 Å². The first-order valence-electron chi connectivity index (χ1n) is 12.3. The SMILES string of the molecule is CCOC(=O)CCS[C@H](c1ccccc1CCCCCCCCc1ccccc1)[C@@H](O)C(=O)O. The van der Waals surface area contributed by atoms with Crippen LogP contribution in [0.25, 0.3) is 0 Å². The van der Waals surface area contributed by atoms with Crippen molar-refractivity contribution in [1.29, 1.82) is 0 Å². The van der Waals surface area contributed by atoms with Gasteiger partial charge in [0.2, 0.25) is 0 Å². The first-order valence-corrected chi connectivity index (χ1v) is 13.4. The molecule has 0 bridgehead atoms. The summed E-state index contributed by atoms with van der Waals surface area (Å²) in [6, 6.07) is 18.3. The number of benzene rings is 2. The number of carbonyl (C=O) groups is 2. The topological polar surface area (TPSA) is 83.8 Å². The molecular formula is C28H38O5S. The van der Waals surface area contributed by atoms with E-state index in [1.54, 1.807) is 6.92 Å². The fraction of sp³-hybridized carbons (Fsp3) is 0.500. The molecular weight excluding hydrogens is 448 g/mol. The summed E-state index contributed by atoms with van der Waals surface area (Å²) in [5, 5.41) is 19.2. The Morgan fingerprint density at radius 3 is 2.18 bits per heavy atom. The molecule has 2 rings (SSSR count). The van der Waals surface area contributed by atoms with Crippen LogP contribution in [0.5, 0.6) is 0 Å². The molecule has 186 valence electrons. The Hall–Kier alpha value is -2.31. The fourth-order valence-electron chi connectivity index (χ4n) is 4.02. The minimum atomic E-state index is -1.53. The third kappa shape index (κ3) is 10.3. The number of ether oxygens (including phenoxy) is 1. The number of hydrogen-bond donors (Lipinski definition) is 2. The third-order valence-corrected chi connectivity index (χ3v) is 7.13. The van der Waals surface area contributed by atoms with Crippen molar-refractivity contribution in [1.82, 2.24) is 0 Å². The second-order valence-corrected chi connectivity index (χ2v) is 9.68. The number of carboxylic acids is 1. The van der Waals surface area contributed by atoms with Crippen LogP contribution < -0.4 is 0 Å². The summed E-state index contributed by atoms with van der Waals surface area (Å²) < 4.78 is 4.95. The van der Waals surface area contributed by atoms with Crippen molar-refractivity contribution in [3.63, 3.8) is 0 Å². The van der Waals surface area contributed by atoms with Gasteiger partial charge in [-0.15, -0.1) is 11.8 Å². The monoisotopic (exact) mass is 486 g/mol. The number of rotatable bonds is 17. The molecule has 0 aliphatic carbocycles. The molecule has 34 heavy (non-hydrogen) atoms. The summed E-state index contributed by atoms with van der Waals surface area (Å²) >= 11 is 1.30. The Kier molecular flexibility index (Phi) is 13.4.